The first kappa shape index (κ1) is 16.5. The third-order valence-corrected chi connectivity index (χ3v) is 5.01. The van der Waals surface area contributed by atoms with Crippen molar-refractivity contribution < 1.29 is 19.7 Å². The number of carboxylic acids is 1. The van der Waals surface area contributed by atoms with Crippen LogP contribution in [0.5, 0.6) is 5.75 Å². The third kappa shape index (κ3) is 3.29. The number of benzene rings is 2. The normalized spacial score (nSPS) is 23.7. The predicted octanol–water partition coefficient (Wildman–Crippen LogP) is 3.82. The number of hydrogen-bond acceptors (Lipinski definition) is 3. The largest absolute Gasteiger partial charge is 0.497 e. The smallest absolute Gasteiger partial charge is 0.306 e. The number of aliphatic carboxylic acids is 1. The van der Waals surface area contributed by atoms with Crippen LogP contribution in [0.15, 0.2) is 48.5 Å². The Morgan fingerprint density at radius 3 is 1.96 bits per heavy atom. The van der Waals surface area contributed by atoms with Crippen molar-refractivity contribution in [3.63, 3.8) is 0 Å². The minimum Gasteiger partial charge on any atom is -0.497 e. The minimum absolute atomic E-state index is 0.330. The number of rotatable bonds is 4. The van der Waals surface area contributed by atoms with Crippen LogP contribution < -0.4 is 4.74 Å². The van der Waals surface area contributed by atoms with Crippen LogP contribution in [-0.4, -0.2) is 23.3 Å². The molecule has 4 heteroatoms. The summed E-state index contributed by atoms with van der Waals surface area (Å²) in [6, 6.07) is 15.7. The van der Waals surface area contributed by atoms with E-state index >= 15 is 0 Å². The SMILES string of the molecule is COc1ccc(-c2ccc(C3(O)CCC(C(=O)O)CC3)cc2)cc1. The lowest BCUT2D eigenvalue weighted by Gasteiger charge is -2.35. The van der Waals surface area contributed by atoms with Gasteiger partial charge in [-0.3, -0.25) is 4.79 Å². The lowest BCUT2D eigenvalue weighted by Crippen LogP contribution is -2.33. The number of hydrogen-bond donors (Lipinski definition) is 2. The highest BCUT2D eigenvalue weighted by molar-refractivity contribution is 5.70. The summed E-state index contributed by atoms with van der Waals surface area (Å²) in [6.45, 7) is 0. The standard InChI is InChI=1S/C20H22O4/c1-24-18-8-4-15(5-9-18)14-2-6-17(7-3-14)20(23)12-10-16(11-13-20)19(21)22/h2-9,16,23H,10-13H2,1H3,(H,21,22). The molecular weight excluding hydrogens is 304 g/mol. The summed E-state index contributed by atoms with van der Waals surface area (Å²) in [4.78, 5) is 11.1. The van der Waals surface area contributed by atoms with Crippen LogP contribution in [0, 0.1) is 5.92 Å². The Bertz CT molecular complexity index is 695. The Kier molecular flexibility index (Phi) is 4.58. The van der Waals surface area contributed by atoms with E-state index in [-0.39, 0.29) is 5.92 Å². The molecule has 0 amide bonds. The van der Waals surface area contributed by atoms with Crippen LogP contribution in [0.4, 0.5) is 0 Å². The molecule has 0 unspecified atom stereocenters. The van der Waals surface area contributed by atoms with Crippen molar-refractivity contribution in [2.24, 2.45) is 5.92 Å². The van der Waals surface area contributed by atoms with Crippen LogP contribution >= 0.6 is 0 Å². The maximum Gasteiger partial charge on any atom is 0.306 e. The van der Waals surface area contributed by atoms with E-state index in [9.17, 15) is 9.90 Å². The molecule has 0 heterocycles. The molecule has 0 radical (unpaired) electrons. The van der Waals surface area contributed by atoms with Gasteiger partial charge in [-0.25, -0.2) is 0 Å². The topological polar surface area (TPSA) is 66.8 Å². The first-order valence-corrected chi connectivity index (χ1v) is 8.22. The van der Waals surface area contributed by atoms with Crippen LogP contribution in [0.25, 0.3) is 11.1 Å². The highest BCUT2D eigenvalue weighted by Crippen LogP contribution is 2.40. The minimum atomic E-state index is -0.912. The second-order valence-electron chi connectivity index (χ2n) is 6.45. The first-order chi connectivity index (χ1) is 11.5. The zero-order chi connectivity index (χ0) is 17.2. The molecule has 126 valence electrons. The monoisotopic (exact) mass is 326 g/mol. The van der Waals surface area contributed by atoms with E-state index < -0.39 is 11.6 Å². The van der Waals surface area contributed by atoms with Crippen LogP contribution in [-0.2, 0) is 10.4 Å². The van der Waals surface area contributed by atoms with Gasteiger partial charge in [0.05, 0.1) is 18.6 Å². The fourth-order valence-electron chi connectivity index (χ4n) is 3.39. The van der Waals surface area contributed by atoms with Crippen LogP contribution in [0.2, 0.25) is 0 Å². The number of methoxy groups -OCH3 is 1. The van der Waals surface area contributed by atoms with E-state index in [1.54, 1.807) is 7.11 Å². The fourth-order valence-corrected chi connectivity index (χ4v) is 3.39. The molecule has 24 heavy (non-hydrogen) atoms. The van der Waals surface area contributed by atoms with Gasteiger partial charge in [0.15, 0.2) is 0 Å². The maximum absolute atomic E-state index is 11.1. The summed E-state index contributed by atoms with van der Waals surface area (Å²) in [7, 11) is 1.64. The van der Waals surface area contributed by atoms with Gasteiger partial charge in [-0.2, -0.15) is 0 Å². The molecule has 3 rings (SSSR count). The summed E-state index contributed by atoms with van der Waals surface area (Å²) in [5.74, 6) is -0.268. The molecule has 1 fully saturated rings. The van der Waals surface area contributed by atoms with E-state index in [0.29, 0.717) is 25.7 Å². The zero-order valence-corrected chi connectivity index (χ0v) is 13.7. The lowest BCUT2D eigenvalue weighted by molar-refractivity contribution is -0.145. The number of ether oxygens (including phenoxy) is 1. The van der Waals surface area contributed by atoms with Gasteiger partial charge in [0, 0.05) is 0 Å². The molecule has 0 spiro atoms. The van der Waals surface area contributed by atoms with Gasteiger partial charge in [-0.1, -0.05) is 36.4 Å². The van der Waals surface area contributed by atoms with E-state index in [0.717, 1.165) is 22.4 Å². The molecule has 0 atom stereocenters. The molecule has 0 bridgehead atoms. The van der Waals surface area contributed by atoms with Gasteiger partial charge in [0.2, 0.25) is 0 Å². The van der Waals surface area contributed by atoms with Gasteiger partial charge in [0.25, 0.3) is 0 Å². The predicted molar refractivity (Wildman–Crippen MR) is 91.9 cm³/mol. The summed E-state index contributed by atoms with van der Waals surface area (Å²) >= 11 is 0. The van der Waals surface area contributed by atoms with Crippen LogP contribution in [0.3, 0.4) is 0 Å². The first-order valence-electron chi connectivity index (χ1n) is 8.22. The molecule has 0 aromatic heterocycles. The molecule has 1 aliphatic carbocycles. The molecule has 0 saturated heterocycles. The van der Waals surface area contributed by atoms with Crippen molar-refractivity contribution >= 4 is 5.97 Å². The van der Waals surface area contributed by atoms with E-state index in [2.05, 4.69) is 0 Å². The summed E-state index contributed by atoms with van der Waals surface area (Å²) in [5, 5.41) is 20.0. The second kappa shape index (κ2) is 6.65. The molecule has 1 aliphatic rings. The van der Waals surface area contributed by atoms with Gasteiger partial charge in [0.1, 0.15) is 5.75 Å². The average molecular weight is 326 g/mol. The highest BCUT2D eigenvalue weighted by atomic mass is 16.5. The Hall–Kier alpha value is -2.33. The molecular formula is C20H22O4. The third-order valence-electron chi connectivity index (χ3n) is 5.01. The fraction of sp³-hybridized carbons (Fsp3) is 0.350. The van der Waals surface area contributed by atoms with Gasteiger partial charge >= 0.3 is 5.97 Å². The van der Waals surface area contributed by atoms with Gasteiger partial charge in [-0.15, -0.1) is 0 Å². The number of carbonyl (C=O) groups is 1. The number of aliphatic hydroxyl groups is 1. The van der Waals surface area contributed by atoms with Crippen molar-refractivity contribution in [3.05, 3.63) is 54.1 Å². The average Bonchev–Trinajstić information content (AvgIpc) is 2.62. The van der Waals surface area contributed by atoms with Crippen molar-refractivity contribution in [1.29, 1.82) is 0 Å². The molecule has 2 N–H and O–H groups in total. The van der Waals surface area contributed by atoms with Crippen molar-refractivity contribution in [1.82, 2.24) is 0 Å². The second-order valence-corrected chi connectivity index (χ2v) is 6.45. The number of carboxylic acid groups (broad SMARTS) is 1. The van der Waals surface area contributed by atoms with E-state index in [4.69, 9.17) is 9.84 Å². The van der Waals surface area contributed by atoms with Gasteiger partial charge < -0.3 is 14.9 Å². The molecule has 1 saturated carbocycles. The van der Waals surface area contributed by atoms with Crippen LogP contribution in [0.1, 0.15) is 31.2 Å². The highest BCUT2D eigenvalue weighted by Gasteiger charge is 2.36. The Morgan fingerprint density at radius 1 is 1.00 bits per heavy atom. The van der Waals surface area contributed by atoms with E-state index in [1.165, 1.54) is 0 Å². The molecule has 0 aliphatic heterocycles. The summed E-state index contributed by atoms with van der Waals surface area (Å²) in [6.07, 6.45) is 2.02. The van der Waals surface area contributed by atoms with Crippen molar-refractivity contribution in [2.45, 2.75) is 31.3 Å². The molecule has 2 aromatic carbocycles. The Morgan fingerprint density at radius 2 is 1.50 bits per heavy atom. The molecule has 4 nitrogen and oxygen atoms in total. The summed E-state index contributed by atoms with van der Waals surface area (Å²) in [5.41, 5.74) is 2.11. The zero-order valence-electron chi connectivity index (χ0n) is 13.7. The van der Waals surface area contributed by atoms with E-state index in [1.807, 2.05) is 48.5 Å². The van der Waals surface area contributed by atoms with Crippen molar-refractivity contribution in [3.8, 4) is 16.9 Å². The Balaban J connectivity index is 1.75. The lowest BCUT2D eigenvalue weighted by atomic mass is 9.75. The Labute approximate surface area is 141 Å². The maximum atomic E-state index is 11.1. The molecule has 2 aromatic rings. The van der Waals surface area contributed by atoms with Crippen molar-refractivity contribution in [2.75, 3.05) is 7.11 Å². The summed E-state index contributed by atoms with van der Waals surface area (Å²) < 4.78 is 5.17. The van der Waals surface area contributed by atoms with Gasteiger partial charge in [-0.05, 0) is 54.5 Å². The quantitative estimate of drug-likeness (QED) is 0.896.